The second kappa shape index (κ2) is 5.96. The minimum atomic E-state index is -3.86. The van der Waals surface area contributed by atoms with Gasteiger partial charge in [-0.15, -0.1) is 0 Å². The molecular formula is C10H20N2O5S. The van der Waals surface area contributed by atoms with E-state index in [4.69, 9.17) is 10.2 Å². The van der Waals surface area contributed by atoms with Crippen molar-refractivity contribution in [2.24, 2.45) is 11.8 Å². The van der Waals surface area contributed by atoms with Crippen molar-refractivity contribution in [2.75, 3.05) is 19.7 Å². The maximum atomic E-state index is 12.0. The summed E-state index contributed by atoms with van der Waals surface area (Å²) in [4.78, 5) is 10.7. The van der Waals surface area contributed by atoms with Crippen LogP contribution in [-0.2, 0) is 15.0 Å². The normalized spacial score (nSPS) is 27.9. The fourth-order valence-corrected chi connectivity index (χ4v) is 3.81. The highest BCUT2D eigenvalue weighted by Crippen LogP contribution is 2.22. The van der Waals surface area contributed by atoms with Gasteiger partial charge in [0.05, 0.1) is 6.61 Å². The lowest BCUT2D eigenvalue weighted by atomic mass is 9.94. The number of hydrogen-bond acceptors (Lipinski definition) is 4. The number of carboxylic acids is 1. The molecule has 0 aromatic heterocycles. The topological polar surface area (TPSA) is 107 Å². The van der Waals surface area contributed by atoms with Gasteiger partial charge >= 0.3 is 5.97 Å². The average molecular weight is 280 g/mol. The molecule has 0 aliphatic carbocycles. The summed E-state index contributed by atoms with van der Waals surface area (Å²) in [7, 11) is -3.86. The van der Waals surface area contributed by atoms with E-state index in [9.17, 15) is 13.2 Å². The van der Waals surface area contributed by atoms with Gasteiger partial charge in [-0.05, 0) is 18.3 Å². The third-order valence-corrected chi connectivity index (χ3v) is 4.51. The lowest BCUT2D eigenvalue weighted by molar-refractivity contribution is -0.139. The molecule has 0 spiro atoms. The summed E-state index contributed by atoms with van der Waals surface area (Å²) >= 11 is 0. The molecule has 0 radical (unpaired) electrons. The van der Waals surface area contributed by atoms with E-state index in [2.05, 4.69) is 0 Å². The van der Waals surface area contributed by atoms with E-state index in [0.29, 0.717) is 13.1 Å². The molecule has 1 heterocycles. The molecule has 1 aliphatic rings. The van der Waals surface area contributed by atoms with Gasteiger partial charge in [-0.25, -0.2) is 0 Å². The number of rotatable bonds is 5. The maximum Gasteiger partial charge on any atom is 0.324 e. The molecule has 8 heteroatoms. The van der Waals surface area contributed by atoms with Crippen molar-refractivity contribution in [2.45, 2.75) is 26.3 Å². The second-order valence-corrected chi connectivity index (χ2v) is 6.66. The molecule has 0 amide bonds. The van der Waals surface area contributed by atoms with Gasteiger partial charge in [0, 0.05) is 13.1 Å². The number of carboxylic acid groups (broad SMARTS) is 1. The Bertz CT molecular complexity index is 387. The van der Waals surface area contributed by atoms with Gasteiger partial charge in [-0.3, -0.25) is 4.79 Å². The molecule has 3 N–H and O–H groups in total. The van der Waals surface area contributed by atoms with Crippen LogP contribution in [0.25, 0.3) is 0 Å². The Hall–Kier alpha value is -0.700. The van der Waals surface area contributed by atoms with E-state index < -0.39 is 28.8 Å². The standard InChI is InChI=1S/C10H20N2O5S/c1-7-3-8(2)5-12(4-7)18(16,17)11-9(6-13)10(14)15/h7-9,11,13H,3-6H2,1-2H3,(H,14,15)/t7?,8?,9-/m0/s1. The first-order chi connectivity index (χ1) is 8.26. The maximum absolute atomic E-state index is 12.0. The largest absolute Gasteiger partial charge is 0.480 e. The van der Waals surface area contributed by atoms with Gasteiger partial charge in [0.15, 0.2) is 0 Å². The highest BCUT2D eigenvalue weighted by atomic mass is 32.2. The summed E-state index contributed by atoms with van der Waals surface area (Å²) in [6.45, 7) is 3.89. The van der Waals surface area contributed by atoms with Gasteiger partial charge in [0.25, 0.3) is 10.2 Å². The molecule has 7 nitrogen and oxygen atoms in total. The monoisotopic (exact) mass is 280 g/mol. The van der Waals surface area contributed by atoms with Crippen LogP contribution in [0.3, 0.4) is 0 Å². The number of nitrogens with zero attached hydrogens (tertiary/aromatic N) is 1. The van der Waals surface area contributed by atoms with Gasteiger partial charge in [-0.2, -0.15) is 17.4 Å². The van der Waals surface area contributed by atoms with Gasteiger partial charge in [0.2, 0.25) is 0 Å². The molecule has 0 aromatic rings. The lowest BCUT2D eigenvalue weighted by Crippen LogP contribution is -2.53. The second-order valence-electron chi connectivity index (χ2n) is 4.96. The predicted octanol–water partition coefficient (Wildman–Crippen LogP) is -0.756. The summed E-state index contributed by atoms with van der Waals surface area (Å²) < 4.78 is 27.2. The van der Waals surface area contributed by atoms with Crippen molar-refractivity contribution in [3.63, 3.8) is 0 Å². The van der Waals surface area contributed by atoms with Crippen molar-refractivity contribution in [1.29, 1.82) is 0 Å². The summed E-state index contributed by atoms with van der Waals surface area (Å²) in [6, 6.07) is -1.50. The Morgan fingerprint density at radius 3 is 2.28 bits per heavy atom. The van der Waals surface area contributed by atoms with Gasteiger partial charge in [-0.1, -0.05) is 13.8 Å². The number of aliphatic hydroxyl groups is 1. The first kappa shape index (κ1) is 15.4. The van der Waals surface area contributed by atoms with Gasteiger partial charge in [0.1, 0.15) is 6.04 Å². The van der Waals surface area contributed by atoms with Crippen LogP contribution in [0.4, 0.5) is 0 Å². The van der Waals surface area contributed by atoms with Crippen LogP contribution in [0.2, 0.25) is 0 Å². The fraction of sp³-hybridized carbons (Fsp3) is 0.900. The van der Waals surface area contributed by atoms with E-state index in [1.54, 1.807) is 0 Å². The molecule has 0 aromatic carbocycles. The minimum Gasteiger partial charge on any atom is -0.480 e. The number of carbonyl (C=O) groups is 1. The van der Waals surface area contributed by atoms with E-state index >= 15 is 0 Å². The van der Waals surface area contributed by atoms with E-state index in [1.807, 2.05) is 18.6 Å². The Morgan fingerprint density at radius 1 is 1.39 bits per heavy atom. The number of aliphatic carboxylic acids is 1. The van der Waals surface area contributed by atoms with Crippen molar-refractivity contribution < 1.29 is 23.4 Å². The zero-order valence-electron chi connectivity index (χ0n) is 10.5. The molecule has 0 bridgehead atoms. The summed E-state index contributed by atoms with van der Waals surface area (Å²) in [5.74, 6) is -0.912. The molecule has 3 atom stereocenters. The Labute approximate surface area is 107 Å². The molecule has 1 rings (SSSR count). The van der Waals surface area contributed by atoms with Crippen LogP contribution in [0.15, 0.2) is 0 Å². The number of aliphatic hydroxyl groups excluding tert-OH is 1. The third-order valence-electron chi connectivity index (χ3n) is 2.95. The first-order valence-corrected chi connectivity index (χ1v) is 7.31. The molecule has 18 heavy (non-hydrogen) atoms. The van der Waals surface area contributed by atoms with Crippen molar-refractivity contribution in [3.05, 3.63) is 0 Å². The lowest BCUT2D eigenvalue weighted by Gasteiger charge is -2.34. The smallest absolute Gasteiger partial charge is 0.324 e. The van der Waals surface area contributed by atoms with E-state index in [-0.39, 0.29) is 11.8 Å². The van der Waals surface area contributed by atoms with E-state index in [1.165, 1.54) is 4.31 Å². The molecular weight excluding hydrogens is 260 g/mol. The van der Waals surface area contributed by atoms with Crippen molar-refractivity contribution in [3.8, 4) is 0 Å². The number of piperidine rings is 1. The number of hydrogen-bond donors (Lipinski definition) is 3. The first-order valence-electron chi connectivity index (χ1n) is 5.87. The number of nitrogens with one attached hydrogen (secondary N) is 1. The van der Waals surface area contributed by atoms with Crippen molar-refractivity contribution in [1.82, 2.24) is 9.03 Å². The predicted molar refractivity (Wildman–Crippen MR) is 65.1 cm³/mol. The quantitative estimate of drug-likeness (QED) is 0.614. The summed E-state index contributed by atoms with van der Waals surface area (Å²) in [6.07, 6.45) is 0.953. The molecule has 0 saturated carbocycles. The Kier molecular flexibility index (Phi) is 5.09. The summed E-state index contributed by atoms with van der Waals surface area (Å²) in [5, 5.41) is 17.6. The molecule has 1 saturated heterocycles. The highest BCUT2D eigenvalue weighted by Gasteiger charge is 2.33. The van der Waals surface area contributed by atoms with Crippen LogP contribution >= 0.6 is 0 Å². The molecule has 1 fully saturated rings. The highest BCUT2D eigenvalue weighted by molar-refractivity contribution is 7.87. The Morgan fingerprint density at radius 2 is 1.89 bits per heavy atom. The van der Waals surface area contributed by atoms with Crippen LogP contribution < -0.4 is 4.72 Å². The van der Waals surface area contributed by atoms with Crippen LogP contribution in [0.1, 0.15) is 20.3 Å². The van der Waals surface area contributed by atoms with E-state index in [0.717, 1.165) is 6.42 Å². The van der Waals surface area contributed by atoms with Crippen molar-refractivity contribution >= 4 is 16.2 Å². The molecule has 1 aliphatic heterocycles. The van der Waals surface area contributed by atoms with Gasteiger partial charge < -0.3 is 10.2 Å². The molecule has 2 unspecified atom stereocenters. The van der Waals surface area contributed by atoms with Crippen LogP contribution in [0.5, 0.6) is 0 Å². The minimum absolute atomic E-state index is 0.239. The average Bonchev–Trinajstić information content (AvgIpc) is 2.24. The zero-order valence-corrected chi connectivity index (χ0v) is 11.4. The van der Waals surface area contributed by atoms with Crippen LogP contribution in [-0.4, -0.2) is 54.6 Å². The third kappa shape index (κ3) is 3.91. The SMILES string of the molecule is CC1CC(C)CN(S(=O)(=O)N[C@@H](CO)C(=O)O)C1. The fourth-order valence-electron chi connectivity index (χ4n) is 2.22. The molecule has 106 valence electrons. The van der Waals surface area contributed by atoms with Crippen LogP contribution in [0, 0.1) is 11.8 Å². The zero-order chi connectivity index (χ0) is 13.9. The Balaban J connectivity index is 2.76. The summed E-state index contributed by atoms with van der Waals surface area (Å²) in [5.41, 5.74) is 0.